The van der Waals surface area contributed by atoms with Crippen LogP contribution in [0.5, 0.6) is 0 Å². The highest BCUT2D eigenvalue weighted by Gasteiger charge is 2.20. The number of aliphatic hydroxyl groups is 1. The molecule has 1 atom stereocenters. The number of benzene rings is 1. The van der Waals surface area contributed by atoms with E-state index in [1.165, 1.54) is 0 Å². The molecule has 1 heterocycles. The second-order valence-electron chi connectivity index (χ2n) is 6.65. The lowest BCUT2D eigenvalue weighted by Crippen LogP contribution is -2.40. The van der Waals surface area contributed by atoms with E-state index in [-0.39, 0.29) is 31.4 Å². The lowest BCUT2D eigenvalue weighted by molar-refractivity contribution is -0.154. The van der Waals surface area contributed by atoms with Gasteiger partial charge in [-0.25, -0.2) is 15.0 Å². The van der Waals surface area contributed by atoms with Crippen molar-refractivity contribution in [1.29, 1.82) is 0 Å². The highest BCUT2D eigenvalue weighted by Crippen LogP contribution is 2.18. The summed E-state index contributed by atoms with van der Waals surface area (Å²) in [5.41, 5.74) is 7.54. The summed E-state index contributed by atoms with van der Waals surface area (Å²) in [5, 5.41) is 19.1. The fourth-order valence-corrected chi connectivity index (χ4v) is 2.80. The van der Waals surface area contributed by atoms with Crippen molar-refractivity contribution in [3.8, 4) is 11.3 Å². The monoisotopic (exact) mass is 401 g/mol. The van der Waals surface area contributed by atoms with Gasteiger partial charge in [0.1, 0.15) is 0 Å². The van der Waals surface area contributed by atoms with Crippen LogP contribution in [0.15, 0.2) is 36.5 Å². The number of aromatic nitrogens is 2. The second kappa shape index (κ2) is 11.7. The summed E-state index contributed by atoms with van der Waals surface area (Å²) in [6.45, 7) is 1.94. The van der Waals surface area contributed by atoms with Gasteiger partial charge < -0.3 is 5.11 Å². The summed E-state index contributed by atoms with van der Waals surface area (Å²) >= 11 is 0. The third-order valence-electron chi connectivity index (χ3n) is 4.44. The predicted octanol–water partition coefficient (Wildman–Crippen LogP) is 2.12. The van der Waals surface area contributed by atoms with E-state index in [1.807, 2.05) is 12.1 Å². The number of nitrogens with zero attached hydrogens (tertiary/aromatic N) is 3. The number of hydrogen-bond donors (Lipinski definition) is 4. The number of unbranched alkanes of at least 4 members (excludes halogenated alkanes) is 2. The van der Waals surface area contributed by atoms with Crippen LogP contribution in [0.1, 0.15) is 38.2 Å². The first kappa shape index (κ1) is 22.3. The minimum atomic E-state index is -0.557. The standard InChI is InChI=1S/C20H27N5O4/c1-2-3-4-5-17(12-25(29)14-27)19(28)23-24-20-21-11-10-18(22-20)16-8-6-15(13-26)7-9-16/h6-11,14,17,26,29H,2-5,12-13H2,1H3,(H,23,28)(H,21,22,24)/t17-/m1/s1. The van der Waals surface area contributed by atoms with E-state index < -0.39 is 5.92 Å². The zero-order valence-electron chi connectivity index (χ0n) is 16.4. The lowest BCUT2D eigenvalue weighted by atomic mass is 10.0. The van der Waals surface area contributed by atoms with Crippen LogP contribution >= 0.6 is 0 Å². The third kappa shape index (κ3) is 7.13. The van der Waals surface area contributed by atoms with Crippen LogP contribution in [0, 0.1) is 5.92 Å². The van der Waals surface area contributed by atoms with Crippen LogP contribution in [0.4, 0.5) is 5.95 Å². The number of hydroxylamine groups is 2. The Balaban J connectivity index is 2.00. The van der Waals surface area contributed by atoms with Crippen LogP contribution in [0.3, 0.4) is 0 Å². The van der Waals surface area contributed by atoms with Crippen molar-refractivity contribution >= 4 is 18.3 Å². The minimum Gasteiger partial charge on any atom is -0.392 e. The Kier molecular flexibility index (Phi) is 9.00. The summed E-state index contributed by atoms with van der Waals surface area (Å²) < 4.78 is 0. The fraction of sp³-hybridized carbons (Fsp3) is 0.400. The van der Waals surface area contributed by atoms with E-state index in [2.05, 4.69) is 27.7 Å². The molecule has 4 N–H and O–H groups in total. The van der Waals surface area contributed by atoms with E-state index in [0.29, 0.717) is 17.2 Å². The van der Waals surface area contributed by atoms with E-state index in [0.717, 1.165) is 30.4 Å². The van der Waals surface area contributed by atoms with Gasteiger partial charge in [-0.2, -0.15) is 0 Å². The molecule has 9 heteroatoms. The first-order valence-corrected chi connectivity index (χ1v) is 9.57. The molecule has 2 rings (SSSR count). The highest BCUT2D eigenvalue weighted by atomic mass is 16.5. The van der Waals surface area contributed by atoms with Crippen molar-refractivity contribution in [3.63, 3.8) is 0 Å². The van der Waals surface area contributed by atoms with Crippen LogP contribution in [-0.4, -0.2) is 44.2 Å². The van der Waals surface area contributed by atoms with E-state index in [4.69, 9.17) is 5.11 Å². The largest absolute Gasteiger partial charge is 0.392 e. The van der Waals surface area contributed by atoms with Crippen molar-refractivity contribution in [2.45, 2.75) is 39.2 Å². The van der Waals surface area contributed by atoms with Gasteiger partial charge in [0.2, 0.25) is 18.3 Å². The number of rotatable bonds is 12. The Morgan fingerprint density at radius 1 is 1.24 bits per heavy atom. The van der Waals surface area contributed by atoms with Gasteiger partial charge in [0.05, 0.1) is 24.8 Å². The number of carbonyl (C=O) groups excluding carboxylic acids is 2. The second-order valence-corrected chi connectivity index (χ2v) is 6.65. The summed E-state index contributed by atoms with van der Waals surface area (Å²) in [6.07, 6.45) is 5.17. The Hall–Kier alpha value is -3.04. The van der Waals surface area contributed by atoms with Gasteiger partial charge in [-0.05, 0) is 18.1 Å². The first-order valence-electron chi connectivity index (χ1n) is 9.57. The number of aliphatic hydroxyl groups excluding tert-OH is 1. The predicted molar refractivity (Wildman–Crippen MR) is 107 cm³/mol. The van der Waals surface area contributed by atoms with Gasteiger partial charge in [0.15, 0.2) is 0 Å². The molecule has 0 fully saturated rings. The van der Waals surface area contributed by atoms with Crippen molar-refractivity contribution < 1.29 is 19.9 Å². The van der Waals surface area contributed by atoms with Gasteiger partial charge in [0, 0.05) is 11.8 Å². The van der Waals surface area contributed by atoms with E-state index in [1.54, 1.807) is 24.4 Å². The molecule has 0 aliphatic heterocycles. The smallest absolute Gasteiger partial charge is 0.243 e. The van der Waals surface area contributed by atoms with Gasteiger partial charge in [0.25, 0.3) is 0 Å². The Morgan fingerprint density at radius 2 is 2.00 bits per heavy atom. The Labute approximate surface area is 169 Å². The van der Waals surface area contributed by atoms with Crippen LogP contribution in [-0.2, 0) is 16.2 Å². The molecule has 0 aliphatic rings. The summed E-state index contributed by atoms with van der Waals surface area (Å²) in [6, 6.07) is 9.04. The van der Waals surface area contributed by atoms with Gasteiger partial charge in [-0.15, -0.1) is 0 Å². The van der Waals surface area contributed by atoms with Crippen molar-refractivity contribution in [2.24, 2.45) is 5.92 Å². The molecule has 156 valence electrons. The number of carbonyl (C=O) groups is 2. The van der Waals surface area contributed by atoms with Crippen molar-refractivity contribution in [1.82, 2.24) is 20.5 Å². The molecule has 0 spiro atoms. The molecule has 9 nitrogen and oxygen atoms in total. The molecule has 0 unspecified atom stereocenters. The fourth-order valence-electron chi connectivity index (χ4n) is 2.80. The van der Waals surface area contributed by atoms with Crippen LogP contribution in [0.25, 0.3) is 11.3 Å². The number of hydrogen-bond acceptors (Lipinski definition) is 7. The molecule has 29 heavy (non-hydrogen) atoms. The van der Waals surface area contributed by atoms with Gasteiger partial charge in [-0.3, -0.25) is 25.6 Å². The quantitative estimate of drug-likeness (QED) is 0.186. The molecule has 1 aromatic heterocycles. The maximum Gasteiger partial charge on any atom is 0.243 e. The summed E-state index contributed by atoms with van der Waals surface area (Å²) in [7, 11) is 0. The normalized spacial score (nSPS) is 11.6. The molecule has 0 saturated heterocycles. The van der Waals surface area contributed by atoms with Crippen molar-refractivity contribution in [3.05, 3.63) is 42.1 Å². The average molecular weight is 401 g/mol. The molecule has 0 saturated carbocycles. The third-order valence-corrected chi connectivity index (χ3v) is 4.44. The maximum absolute atomic E-state index is 12.5. The lowest BCUT2D eigenvalue weighted by Gasteiger charge is -2.19. The van der Waals surface area contributed by atoms with E-state index >= 15 is 0 Å². The number of nitrogens with one attached hydrogen (secondary N) is 2. The van der Waals surface area contributed by atoms with Crippen molar-refractivity contribution in [2.75, 3.05) is 12.0 Å². The summed E-state index contributed by atoms with van der Waals surface area (Å²) in [5.74, 6) is -0.701. The number of amides is 2. The van der Waals surface area contributed by atoms with E-state index in [9.17, 15) is 14.8 Å². The highest BCUT2D eigenvalue weighted by molar-refractivity contribution is 5.80. The number of hydrazine groups is 1. The molecule has 2 aromatic rings. The average Bonchev–Trinajstić information content (AvgIpc) is 2.77. The first-order chi connectivity index (χ1) is 14.1. The SMILES string of the molecule is CCCCC[C@H](CN(O)C=O)C(=O)NNc1nccc(-c2ccc(CO)cc2)n1. The van der Waals surface area contributed by atoms with Crippen LogP contribution < -0.4 is 10.9 Å². The van der Waals surface area contributed by atoms with Gasteiger partial charge >= 0.3 is 0 Å². The van der Waals surface area contributed by atoms with Crippen LogP contribution in [0.2, 0.25) is 0 Å². The Morgan fingerprint density at radius 3 is 2.66 bits per heavy atom. The molecule has 1 aromatic carbocycles. The molecular weight excluding hydrogens is 374 g/mol. The zero-order valence-corrected chi connectivity index (χ0v) is 16.4. The topological polar surface area (TPSA) is 128 Å². The molecular formula is C20H27N5O4. The zero-order chi connectivity index (χ0) is 21.1. The molecule has 0 radical (unpaired) electrons. The maximum atomic E-state index is 12.5. The molecule has 0 bridgehead atoms. The Bertz CT molecular complexity index is 785. The number of anilines is 1. The summed E-state index contributed by atoms with van der Waals surface area (Å²) in [4.78, 5) is 31.6. The van der Waals surface area contributed by atoms with Gasteiger partial charge in [-0.1, -0.05) is 50.5 Å². The molecule has 2 amide bonds. The molecule has 0 aliphatic carbocycles. The minimum absolute atomic E-state index is 0.0301.